The summed E-state index contributed by atoms with van der Waals surface area (Å²) in [6.45, 7) is 5.12. The van der Waals surface area contributed by atoms with Crippen molar-refractivity contribution in [3.8, 4) is 23.0 Å². The molecule has 200 valence electrons. The summed E-state index contributed by atoms with van der Waals surface area (Å²) >= 11 is 0. The largest absolute Gasteiger partial charge is 0.495 e. The first kappa shape index (κ1) is 25.6. The van der Waals surface area contributed by atoms with Gasteiger partial charge in [0.1, 0.15) is 5.75 Å². The van der Waals surface area contributed by atoms with Crippen LogP contribution < -0.4 is 28.7 Å². The third-order valence-corrected chi connectivity index (χ3v) is 7.45. The number of Topliss-reactive ketones (excluding diaryl/α,β-unsaturated/α-hetero) is 1. The van der Waals surface area contributed by atoms with Gasteiger partial charge in [-0.2, -0.15) is 0 Å². The molecule has 9 nitrogen and oxygen atoms in total. The van der Waals surface area contributed by atoms with Gasteiger partial charge in [0.2, 0.25) is 11.7 Å². The molecule has 2 aliphatic rings. The number of fused-ring (bicyclic) bond motifs is 1. The fourth-order valence-corrected chi connectivity index (χ4v) is 5.51. The van der Waals surface area contributed by atoms with Gasteiger partial charge in [-0.1, -0.05) is 12.1 Å². The van der Waals surface area contributed by atoms with Crippen molar-refractivity contribution < 1.29 is 23.7 Å². The number of carbonyl (C=O) groups excluding carboxylic acids is 1. The number of benzene rings is 2. The Kier molecular flexibility index (Phi) is 7.26. The zero-order valence-electron chi connectivity index (χ0n) is 22.6. The van der Waals surface area contributed by atoms with Crippen molar-refractivity contribution in [2.75, 3.05) is 64.4 Å². The Labute approximate surface area is 223 Å². The van der Waals surface area contributed by atoms with Gasteiger partial charge >= 0.3 is 0 Å². The molecule has 1 aliphatic carbocycles. The molecule has 1 fully saturated rings. The van der Waals surface area contributed by atoms with E-state index in [9.17, 15) is 4.79 Å². The second kappa shape index (κ2) is 10.8. The predicted molar refractivity (Wildman–Crippen MR) is 146 cm³/mol. The van der Waals surface area contributed by atoms with E-state index in [0.717, 1.165) is 54.6 Å². The monoisotopic (exact) mass is 518 g/mol. The predicted octanol–water partition coefficient (Wildman–Crippen LogP) is 4.06. The SMILES string of the molecule is COc1ccccc1N1CCN(c2nc(C)c3c(n2)CC(c2cc(OC)c(OC)c(OC)c2)CC3=O)CC1. The minimum atomic E-state index is -0.0479. The number of para-hydroxylation sites is 2. The number of rotatable bonds is 7. The molecule has 2 aromatic carbocycles. The number of anilines is 2. The first-order valence-corrected chi connectivity index (χ1v) is 12.8. The molecule has 0 radical (unpaired) electrons. The maximum Gasteiger partial charge on any atom is 0.225 e. The second-order valence-corrected chi connectivity index (χ2v) is 9.56. The lowest BCUT2D eigenvalue weighted by Crippen LogP contribution is -2.47. The van der Waals surface area contributed by atoms with E-state index in [0.29, 0.717) is 41.6 Å². The van der Waals surface area contributed by atoms with Gasteiger partial charge in [0, 0.05) is 32.6 Å². The molecular weight excluding hydrogens is 484 g/mol. The molecule has 0 bridgehead atoms. The van der Waals surface area contributed by atoms with Crippen LogP contribution >= 0.6 is 0 Å². The Bertz CT molecular complexity index is 1310. The van der Waals surface area contributed by atoms with Crippen LogP contribution in [0.5, 0.6) is 23.0 Å². The Hall–Kier alpha value is -4.01. The van der Waals surface area contributed by atoms with Crippen molar-refractivity contribution in [2.24, 2.45) is 0 Å². The van der Waals surface area contributed by atoms with Crippen LogP contribution in [0.25, 0.3) is 0 Å². The van der Waals surface area contributed by atoms with E-state index in [-0.39, 0.29) is 11.7 Å². The fourth-order valence-electron chi connectivity index (χ4n) is 5.51. The number of piperazine rings is 1. The van der Waals surface area contributed by atoms with Crippen LogP contribution in [0.3, 0.4) is 0 Å². The minimum absolute atomic E-state index is 0.0479. The van der Waals surface area contributed by atoms with Crippen LogP contribution in [-0.4, -0.2) is 70.4 Å². The summed E-state index contributed by atoms with van der Waals surface area (Å²) in [6, 6.07) is 11.9. The molecule has 3 aromatic rings. The van der Waals surface area contributed by atoms with Crippen molar-refractivity contribution in [1.82, 2.24) is 9.97 Å². The molecule has 1 saturated heterocycles. The van der Waals surface area contributed by atoms with Gasteiger partial charge in [0.15, 0.2) is 17.3 Å². The first-order valence-electron chi connectivity index (χ1n) is 12.8. The van der Waals surface area contributed by atoms with E-state index in [4.69, 9.17) is 28.9 Å². The highest BCUT2D eigenvalue weighted by Crippen LogP contribution is 2.43. The summed E-state index contributed by atoms with van der Waals surface area (Å²) in [5, 5.41) is 0. The average molecular weight is 519 g/mol. The van der Waals surface area contributed by atoms with E-state index < -0.39 is 0 Å². The highest BCUT2D eigenvalue weighted by Gasteiger charge is 2.32. The van der Waals surface area contributed by atoms with Crippen LogP contribution in [-0.2, 0) is 6.42 Å². The standard InChI is InChI=1S/C29H34N4O5/c1-18-27-21(14-19(15-23(27)34)20-16-25(36-3)28(38-5)26(17-20)37-4)31-29(30-18)33-12-10-32(11-13-33)22-8-6-7-9-24(22)35-2/h6-9,16-17,19H,10-15H2,1-5H3. The Morgan fingerprint density at radius 1 is 0.789 bits per heavy atom. The van der Waals surface area contributed by atoms with E-state index in [1.54, 1.807) is 28.4 Å². The van der Waals surface area contributed by atoms with E-state index in [1.807, 2.05) is 37.3 Å². The molecule has 0 N–H and O–H groups in total. The molecule has 2 heterocycles. The number of hydrogen-bond acceptors (Lipinski definition) is 9. The highest BCUT2D eigenvalue weighted by molar-refractivity contribution is 5.99. The lowest BCUT2D eigenvalue weighted by atomic mass is 9.81. The smallest absolute Gasteiger partial charge is 0.225 e. The number of methoxy groups -OCH3 is 4. The summed E-state index contributed by atoms with van der Waals surface area (Å²) in [5.74, 6) is 3.26. The summed E-state index contributed by atoms with van der Waals surface area (Å²) in [5.41, 5.74) is 4.25. The zero-order chi connectivity index (χ0) is 26.8. The van der Waals surface area contributed by atoms with Crippen molar-refractivity contribution in [3.63, 3.8) is 0 Å². The molecule has 1 unspecified atom stereocenters. The van der Waals surface area contributed by atoms with Gasteiger partial charge in [-0.05, 0) is 49.1 Å². The lowest BCUT2D eigenvalue weighted by molar-refractivity contribution is 0.0961. The third-order valence-electron chi connectivity index (χ3n) is 7.45. The molecule has 0 amide bonds. The first-order chi connectivity index (χ1) is 18.5. The van der Waals surface area contributed by atoms with Crippen LogP contribution in [0.2, 0.25) is 0 Å². The maximum atomic E-state index is 13.3. The summed E-state index contributed by atoms with van der Waals surface area (Å²) in [4.78, 5) is 27.5. The second-order valence-electron chi connectivity index (χ2n) is 9.56. The number of carbonyl (C=O) groups is 1. The van der Waals surface area contributed by atoms with Crippen LogP contribution in [0, 0.1) is 6.92 Å². The lowest BCUT2D eigenvalue weighted by Gasteiger charge is -2.37. The highest BCUT2D eigenvalue weighted by atomic mass is 16.5. The Balaban J connectivity index is 1.39. The Morgan fingerprint density at radius 3 is 2.05 bits per heavy atom. The molecule has 5 rings (SSSR count). The molecule has 38 heavy (non-hydrogen) atoms. The normalized spacial score (nSPS) is 17.2. The van der Waals surface area contributed by atoms with E-state index in [2.05, 4.69) is 15.9 Å². The van der Waals surface area contributed by atoms with Gasteiger partial charge in [0.25, 0.3) is 0 Å². The third kappa shape index (κ3) is 4.68. The summed E-state index contributed by atoms with van der Waals surface area (Å²) in [7, 11) is 6.47. The van der Waals surface area contributed by atoms with Crippen molar-refractivity contribution in [2.45, 2.75) is 25.7 Å². The minimum Gasteiger partial charge on any atom is -0.495 e. The Morgan fingerprint density at radius 2 is 1.42 bits per heavy atom. The van der Waals surface area contributed by atoms with Gasteiger partial charge in [-0.3, -0.25) is 4.79 Å². The van der Waals surface area contributed by atoms with Crippen LogP contribution in [0.1, 0.15) is 39.6 Å². The fraction of sp³-hybridized carbons (Fsp3) is 0.414. The molecule has 1 atom stereocenters. The van der Waals surface area contributed by atoms with Crippen molar-refractivity contribution in [1.29, 1.82) is 0 Å². The van der Waals surface area contributed by atoms with Gasteiger partial charge in [-0.15, -0.1) is 0 Å². The van der Waals surface area contributed by atoms with E-state index in [1.165, 1.54) is 0 Å². The van der Waals surface area contributed by atoms with Gasteiger partial charge in [0.05, 0.1) is 51.1 Å². The van der Waals surface area contributed by atoms with E-state index >= 15 is 0 Å². The number of ether oxygens (including phenoxy) is 4. The number of nitrogens with zero attached hydrogens (tertiary/aromatic N) is 4. The molecule has 1 aromatic heterocycles. The van der Waals surface area contributed by atoms with Crippen molar-refractivity contribution >= 4 is 17.4 Å². The number of aryl methyl sites for hydroxylation is 1. The molecule has 0 saturated carbocycles. The van der Waals surface area contributed by atoms with Gasteiger partial charge < -0.3 is 28.7 Å². The molecular formula is C29H34N4O5. The topological polar surface area (TPSA) is 86.2 Å². The average Bonchev–Trinajstić information content (AvgIpc) is 2.95. The molecule has 9 heteroatoms. The molecule has 1 aliphatic heterocycles. The quantitative estimate of drug-likeness (QED) is 0.460. The van der Waals surface area contributed by atoms with Crippen LogP contribution in [0.15, 0.2) is 36.4 Å². The van der Waals surface area contributed by atoms with Gasteiger partial charge in [-0.25, -0.2) is 9.97 Å². The summed E-state index contributed by atoms with van der Waals surface area (Å²) < 4.78 is 22.1. The number of ketones is 1. The van der Waals surface area contributed by atoms with Crippen molar-refractivity contribution in [3.05, 3.63) is 58.9 Å². The molecule has 0 spiro atoms. The van der Waals surface area contributed by atoms with Crippen LogP contribution in [0.4, 0.5) is 11.6 Å². The number of aromatic nitrogens is 2. The number of hydrogen-bond donors (Lipinski definition) is 0. The maximum absolute atomic E-state index is 13.3. The zero-order valence-corrected chi connectivity index (χ0v) is 22.6. The summed E-state index contributed by atoms with van der Waals surface area (Å²) in [6.07, 6.45) is 1.02.